The molecule has 3 rings (SSSR count). The molecule has 0 spiro atoms. The van der Waals surface area contributed by atoms with E-state index in [0.717, 1.165) is 16.3 Å². The molecule has 2 atom stereocenters. The summed E-state index contributed by atoms with van der Waals surface area (Å²) < 4.78 is 28.9. The average Bonchev–Trinajstić information content (AvgIpc) is 2.95. The number of hydrogen-bond acceptors (Lipinski definition) is 4. The molecule has 7 nitrogen and oxygen atoms in total. The number of carbonyl (C=O) groups excluding carboxylic acids is 2. The predicted octanol–water partition coefficient (Wildman–Crippen LogP) is 5.61. The number of sulfonamides is 1. The highest BCUT2D eigenvalue weighted by molar-refractivity contribution is 7.92. The fraction of sp³-hybridized carbons (Fsp3) is 0.355. The molecule has 0 saturated carbocycles. The minimum atomic E-state index is -4.14. The Morgan fingerprint density at radius 3 is 2.15 bits per heavy atom. The lowest BCUT2D eigenvalue weighted by molar-refractivity contribution is -0.139. The maximum Gasteiger partial charge on any atom is 0.264 e. The van der Waals surface area contributed by atoms with Crippen LogP contribution < -0.4 is 9.62 Å². The quantitative estimate of drug-likeness (QED) is 0.283. The van der Waals surface area contributed by atoms with E-state index in [1.807, 2.05) is 51.1 Å². The number of carbonyl (C=O) groups is 2. The summed E-state index contributed by atoms with van der Waals surface area (Å²) in [6.07, 6.45) is 1.64. The van der Waals surface area contributed by atoms with Crippen molar-refractivity contribution in [1.29, 1.82) is 0 Å². The van der Waals surface area contributed by atoms with Gasteiger partial charge in [0.15, 0.2) is 0 Å². The maximum absolute atomic E-state index is 14.1. The van der Waals surface area contributed by atoms with Gasteiger partial charge in [-0.2, -0.15) is 0 Å². The van der Waals surface area contributed by atoms with Crippen molar-refractivity contribution in [1.82, 2.24) is 10.2 Å². The van der Waals surface area contributed by atoms with Crippen molar-refractivity contribution in [3.63, 3.8) is 0 Å². The second-order valence-corrected chi connectivity index (χ2v) is 12.1. The molecule has 3 aromatic rings. The number of hydrogen-bond donors (Lipinski definition) is 1. The zero-order valence-electron chi connectivity index (χ0n) is 23.5. The van der Waals surface area contributed by atoms with Crippen LogP contribution in [0.15, 0.2) is 83.8 Å². The molecule has 0 unspecified atom stereocenters. The van der Waals surface area contributed by atoms with Gasteiger partial charge in [-0.25, -0.2) is 8.42 Å². The van der Waals surface area contributed by atoms with Crippen molar-refractivity contribution in [3.05, 3.63) is 95.0 Å². The molecule has 0 radical (unpaired) electrons. The highest BCUT2D eigenvalue weighted by atomic mass is 35.5. The number of nitrogens with zero attached hydrogens (tertiary/aromatic N) is 2. The van der Waals surface area contributed by atoms with E-state index in [4.69, 9.17) is 11.6 Å². The SMILES string of the molecule is CC[C@H](C(=O)N[C@@H](C)CC)N(CCc1ccccc1)C(=O)CN(c1cc(Cl)ccc1C)S(=O)(=O)c1ccccc1. The van der Waals surface area contributed by atoms with Crippen molar-refractivity contribution in [2.75, 3.05) is 17.4 Å². The van der Waals surface area contributed by atoms with Gasteiger partial charge in [0.1, 0.15) is 12.6 Å². The Morgan fingerprint density at radius 1 is 0.925 bits per heavy atom. The minimum absolute atomic E-state index is 0.0552. The van der Waals surface area contributed by atoms with Gasteiger partial charge in [0.05, 0.1) is 10.6 Å². The van der Waals surface area contributed by atoms with Gasteiger partial charge in [-0.15, -0.1) is 0 Å². The summed E-state index contributed by atoms with van der Waals surface area (Å²) in [5.74, 6) is -0.726. The standard InChI is InChI=1S/C31H38ClN3O4S/c1-5-24(4)33-31(37)28(6-2)34(20-19-25-13-9-7-10-14-25)30(36)22-35(29-21-26(32)18-17-23(29)3)40(38,39)27-15-11-8-12-16-27/h7-18,21,24,28H,5-6,19-20,22H2,1-4H3,(H,33,37)/t24-,28+/m0/s1. The first-order valence-electron chi connectivity index (χ1n) is 13.6. The number of halogens is 1. The molecule has 3 aromatic carbocycles. The van der Waals surface area contributed by atoms with Crippen molar-refractivity contribution >= 4 is 39.1 Å². The number of rotatable bonds is 13. The van der Waals surface area contributed by atoms with Gasteiger partial charge in [0.25, 0.3) is 10.0 Å². The van der Waals surface area contributed by atoms with Crippen molar-refractivity contribution in [2.24, 2.45) is 0 Å². The third-order valence-electron chi connectivity index (χ3n) is 6.92. The number of aryl methyl sites for hydroxylation is 1. The second-order valence-electron chi connectivity index (χ2n) is 9.82. The predicted molar refractivity (Wildman–Crippen MR) is 161 cm³/mol. The van der Waals surface area contributed by atoms with Crippen LogP contribution in [0.2, 0.25) is 5.02 Å². The number of anilines is 1. The fourth-order valence-electron chi connectivity index (χ4n) is 4.42. The molecule has 0 aliphatic rings. The van der Waals surface area contributed by atoms with Crippen LogP contribution in [0.3, 0.4) is 0 Å². The smallest absolute Gasteiger partial charge is 0.264 e. The van der Waals surface area contributed by atoms with Crippen molar-refractivity contribution in [3.8, 4) is 0 Å². The summed E-state index contributed by atoms with van der Waals surface area (Å²) in [5.41, 5.74) is 1.97. The lowest BCUT2D eigenvalue weighted by Gasteiger charge is -2.34. The van der Waals surface area contributed by atoms with Crippen LogP contribution in [0.4, 0.5) is 5.69 Å². The Hall–Kier alpha value is -3.36. The second kappa shape index (κ2) is 14.3. The Balaban J connectivity index is 2.04. The number of nitrogens with one attached hydrogen (secondary N) is 1. The van der Waals surface area contributed by atoms with Gasteiger partial charge in [0, 0.05) is 17.6 Å². The molecule has 0 aromatic heterocycles. The zero-order chi connectivity index (χ0) is 29.3. The van der Waals surface area contributed by atoms with Crippen LogP contribution in [0.25, 0.3) is 0 Å². The largest absolute Gasteiger partial charge is 0.352 e. The molecular weight excluding hydrogens is 546 g/mol. The van der Waals surface area contributed by atoms with E-state index in [1.54, 1.807) is 43.3 Å². The summed E-state index contributed by atoms with van der Waals surface area (Å²) in [6.45, 7) is 7.28. The molecule has 9 heteroatoms. The lowest BCUT2D eigenvalue weighted by atomic mass is 10.1. The van der Waals surface area contributed by atoms with E-state index in [2.05, 4.69) is 5.32 Å². The lowest BCUT2D eigenvalue weighted by Crippen LogP contribution is -2.54. The van der Waals surface area contributed by atoms with Crippen LogP contribution in [0.5, 0.6) is 0 Å². The molecule has 0 heterocycles. The molecule has 1 N–H and O–H groups in total. The molecule has 0 aliphatic heterocycles. The highest BCUT2D eigenvalue weighted by Crippen LogP contribution is 2.30. The highest BCUT2D eigenvalue weighted by Gasteiger charge is 2.34. The molecule has 0 bridgehead atoms. The number of benzene rings is 3. The van der Waals surface area contributed by atoms with Gasteiger partial charge in [-0.1, -0.05) is 80.0 Å². The third-order valence-corrected chi connectivity index (χ3v) is 8.93. The van der Waals surface area contributed by atoms with E-state index >= 15 is 0 Å². The fourth-order valence-corrected chi connectivity index (χ4v) is 6.08. The Bertz CT molecular complexity index is 1380. The van der Waals surface area contributed by atoms with Crippen LogP contribution in [-0.4, -0.2) is 50.3 Å². The first kappa shape index (κ1) is 31.2. The van der Waals surface area contributed by atoms with Gasteiger partial charge < -0.3 is 10.2 Å². The van der Waals surface area contributed by atoms with E-state index in [9.17, 15) is 18.0 Å². The summed E-state index contributed by atoms with van der Waals surface area (Å²) in [4.78, 5) is 29.0. The normalized spacial score (nSPS) is 12.8. The minimum Gasteiger partial charge on any atom is -0.352 e. The van der Waals surface area contributed by atoms with Gasteiger partial charge in [-0.05, 0) is 68.5 Å². The molecule has 2 amide bonds. The van der Waals surface area contributed by atoms with Crippen LogP contribution >= 0.6 is 11.6 Å². The van der Waals surface area contributed by atoms with Crippen molar-refractivity contribution < 1.29 is 18.0 Å². The third kappa shape index (κ3) is 7.86. The summed E-state index contributed by atoms with van der Waals surface area (Å²) in [7, 11) is -4.14. The monoisotopic (exact) mass is 583 g/mol. The molecule has 214 valence electrons. The Kier molecular flexibility index (Phi) is 11.2. The Labute approximate surface area is 243 Å². The van der Waals surface area contributed by atoms with Gasteiger partial charge >= 0.3 is 0 Å². The topological polar surface area (TPSA) is 86.8 Å². The summed E-state index contributed by atoms with van der Waals surface area (Å²) in [6, 6.07) is 21.8. The Morgan fingerprint density at radius 2 is 1.55 bits per heavy atom. The molecule has 0 saturated heterocycles. The first-order chi connectivity index (χ1) is 19.1. The van der Waals surface area contributed by atoms with Gasteiger partial charge in [-0.3, -0.25) is 13.9 Å². The van der Waals surface area contributed by atoms with E-state index in [1.165, 1.54) is 17.0 Å². The van der Waals surface area contributed by atoms with E-state index in [-0.39, 0.29) is 23.4 Å². The van der Waals surface area contributed by atoms with E-state index < -0.39 is 28.5 Å². The van der Waals surface area contributed by atoms with E-state index in [0.29, 0.717) is 29.1 Å². The molecule has 0 aliphatic carbocycles. The molecule has 0 fully saturated rings. The summed E-state index contributed by atoms with van der Waals surface area (Å²) in [5, 5.41) is 3.34. The van der Waals surface area contributed by atoms with Gasteiger partial charge in [0.2, 0.25) is 11.8 Å². The number of amides is 2. The van der Waals surface area contributed by atoms with Crippen LogP contribution in [-0.2, 0) is 26.0 Å². The maximum atomic E-state index is 14.1. The average molecular weight is 584 g/mol. The molecule has 40 heavy (non-hydrogen) atoms. The van der Waals surface area contributed by atoms with Crippen molar-refractivity contribution in [2.45, 2.75) is 63.9 Å². The zero-order valence-corrected chi connectivity index (χ0v) is 25.1. The molecular formula is C31H38ClN3O4S. The van der Waals surface area contributed by atoms with Crippen LogP contribution in [0, 0.1) is 6.92 Å². The summed E-state index contributed by atoms with van der Waals surface area (Å²) >= 11 is 6.28. The first-order valence-corrected chi connectivity index (χ1v) is 15.4. The van der Waals surface area contributed by atoms with Crippen LogP contribution in [0.1, 0.15) is 44.7 Å².